The van der Waals surface area contributed by atoms with Crippen LogP contribution in [0.25, 0.3) is 0 Å². The van der Waals surface area contributed by atoms with Crippen LogP contribution in [0.3, 0.4) is 0 Å². The lowest BCUT2D eigenvalue weighted by atomic mass is 9.68. The smallest absolute Gasteiger partial charge is 0.0448 e. The van der Waals surface area contributed by atoms with E-state index in [1.807, 2.05) is 7.05 Å². The van der Waals surface area contributed by atoms with E-state index in [1.165, 1.54) is 19.3 Å². The van der Waals surface area contributed by atoms with Crippen LogP contribution in [-0.4, -0.2) is 24.3 Å². The van der Waals surface area contributed by atoms with E-state index in [0.29, 0.717) is 12.5 Å². The molecule has 0 aromatic heterocycles. The standard InChI is InChI=1S/C11H23NO/c1-9-4-5-11(12-3,6-7-13)10(2)8-9/h9-10,12-13H,4-8H2,1-3H3. The highest BCUT2D eigenvalue weighted by Gasteiger charge is 2.37. The van der Waals surface area contributed by atoms with Gasteiger partial charge in [-0.05, 0) is 44.6 Å². The van der Waals surface area contributed by atoms with Gasteiger partial charge in [-0.25, -0.2) is 0 Å². The molecule has 0 aromatic rings. The van der Waals surface area contributed by atoms with Crippen molar-refractivity contribution in [2.45, 2.75) is 45.1 Å². The van der Waals surface area contributed by atoms with E-state index in [4.69, 9.17) is 5.11 Å². The zero-order valence-electron chi connectivity index (χ0n) is 9.14. The van der Waals surface area contributed by atoms with E-state index in [9.17, 15) is 0 Å². The Morgan fingerprint density at radius 1 is 1.46 bits per heavy atom. The van der Waals surface area contributed by atoms with Crippen LogP contribution in [0.1, 0.15) is 39.5 Å². The second-order valence-corrected chi connectivity index (χ2v) is 4.66. The molecule has 3 atom stereocenters. The minimum absolute atomic E-state index is 0.210. The third-order valence-electron chi connectivity index (χ3n) is 3.84. The van der Waals surface area contributed by atoms with Gasteiger partial charge >= 0.3 is 0 Å². The highest BCUT2D eigenvalue weighted by molar-refractivity contribution is 4.95. The molecule has 1 saturated carbocycles. The van der Waals surface area contributed by atoms with Crippen LogP contribution in [-0.2, 0) is 0 Å². The molecular weight excluding hydrogens is 162 g/mol. The number of hydrogen-bond acceptors (Lipinski definition) is 2. The molecule has 1 rings (SSSR count). The third kappa shape index (κ3) is 2.23. The lowest BCUT2D eigenvalue weighted by molar-refractivity contribution is 0.0979. The Bertz CT molecular complexity index is 160. The van der Waals surface area contributed by atoms with Crippen molar-refractivity contribution in [3.8, 4) is 0 Å². The molecule has 0 amide bonds. The molecule has 78 valence electrons. The van der Waals surface area contributed by atoms with E-state index >= 15 is 0 Å². The Labute approximate surface area is 81.7 Å². The van der Waals surface area contributed by atoms with Gasteiger partial charge in [-0.3, -0.25) is 0 Å². The maximum absolute atomic E-state index is 9.06. The topological polar surface area (TPSA) is 32.3 Å². The second kappa shape index (κ2) is 4.43. The van der Waals surface area contributed by atoms with Crippen molar-refractivity contribution < 1.29 is 5.11 Å². The van der Waals surface area contributed by atoms with Crippen LogP contribution in [0.4, 0.5) is 0 Å². The predicted molar refractivity (Wildman–Crippen MR) is 55.7 cm³/mol. The van der Waals surface area contributed by atoms with Crippen molar-refractivity contribution in [1.82, 2.24) is 5.32 Å². The minimum atomic E-state index is 0.210. The van der Waals surface area contributed by atoms with E-state index < -0.39 is 0 Å². The van der Waals surface area contributed by atoms with Crippen molar-refractivity contribution in [3.05, 3.63) is 0 Å². The Balaban J connectivity index is 2.63. The van der Waals surface area contributed by atoms with Crippen LogP contribution in [0, 0.1) is 11.8 Å². The quantitative estimate of drug-likeness (QED) is 0.702. The fourth-order valence-electron chi connectivity index (χ4n) is 2.76. The van der Waals surface area contributed by atoms with Crippen molar-refractivity contribution in [3.63, 3.8) is 0 Å². The van der Waals surface area contributed by atoms with Gasteiger partial charge in [0.05, 0.1) is 0 Å². The van der Waals surface area contributed by atoms with E-state index in [2.05, 4.69) is 19.2 Å². The Kier molecular flexibility index (Phi) is 3.74. The summed E-state index contributed by atoms with van der Waals surface area (Å²) >= 11 is 0. The lowest BCUT2D eigenvalue weighted by Crippen LogP contribution is -2.52. The van der Waals surface area contributed by atoms with Gasteiger partial charge in [-0.2, -0.15) is 0 Å². The van der Waals surface area contributed by atoms with Crippen LogP contribution >= 0.6 is 0 Å². The van der Waals surface area contributed by atoms with Crippen molar-refractivity contribution in [2.75, 3.05) is 13.7 Å². The maximum atomic E-state index is 9.06. The van der Waals surface area contributed by atoms with Gasteiger partial charge in [-0.15, -0.1) is 0 Å². The zero-order chi connectivity index (χ0) is 9.90. The normalized spacial score (nSPS) is 40.6. The number of hydrogen-bond donors (Lipinski definition) is 2. The minimum Gasteiger partial charge on any atom is -0.396 e. The molecule has 0 aliphatic heterocycles. The molecule has 1 aliphatic rings. The molecule has 0 spiro atoms. The molecular formula is C11H23NO. The molecule has 1 fully saturated rings. The summed E-state index contributed by atoms with van der Waals surface area (Å²) in [5, 5.41) is 12.5. The fourth-order valence-corrected chi connectivity index (χ4v) is 2.76. The van der Waals surface area contributed by atoms with E-state index in [0.717, 1.165) is 12.3 Å². The van der Waals surface area contributed by atoms with Crippen molar-refractivity contribution in [1.29, 1.82) is 0 Å². The summed E-state index contributed by atoms with van der Waals surface area (Å²) in [4.78, 5) is 0. The molecule has 2 N–H and O–H groups in total. The average Bonchev–Trinajstić information content (AvgIpc) is 2.11. The number of nitrogens with one attached hydrogen (secondary N) is 1. The van der Waals surface area contributed by atoms with E-state index in [-0.39, 0.29) is 5.54 Å². The summed E-state index contributed by atoms with van der Waals surface area (Å²) in [5.74, 6) is 1.54. The fraction of sp³-hybridized carbons (Fsp3) is 1.00. The predicted octanol–water partition coefficient (Wildman–Crippen LogP) is 1.78. The first-order chi connectivity index (χ1) is 6.14. The molecule has 0 saturated heterocycles. The van der Waals surface area contributed by atoms with Gasteiger partial charge in [0, 0.05) is 12.1 Å². The first kappa shape index (κ1) is 11.0. The van der Waals surface area contributed by atoms with Gasteiger partial charge in [0.25, 0.3) is 0 Å². The highest BCUT2D eigenvalue weighted by atomic mass is 16.3. The van der Waals surface area contributed by atoms with Gasteiger partial charge in [0.2, 0.25) is 0 Å². The van der Waals surface area contributed by atoms with Gasteiger partial charge in [-0.1, -0.05) is 13.8 Å². The molecule has 2 heteroatoms. The summed E-state index contributed by atoms with van der Waals surface area (Å²) in [6, 6.07) is 0. The van der Waals surface area contributed by atoms with Crippen LogP contribution in [0.2, 0.25) is 0 Å². The molecule has 13 heavy (non-hydrogen) atoms. The molecule has 0 bridgehead atoms. The summed E-state index contributed by atoms with van der Waals surface area (Å²) in [5.41, 5.74) is 0.210. The molecule has 3 unspecified atom stereocenters. The first-order valence-corrected chi connectivity index (χ1v) is 5.44. The zero-order valence-corrected chi connectivity index (χ0v) is 9.14. The van der Waals surface area contributed by atoms with Gasteiger partial charge < -0.3 is 10.4 Å². The summed E-state index contributed by atoms with van der Waals surface area (Å²) in [6.07, 6.45) is 4.70. The average molecular weight is 185 g/mol. The van der Waals surface area contributed by atoms with Crippen LogP contribution < -0.4 is 5.32 Å². The van der Waals surface area contributed by atoms with Gasteiger partial charge in [0.15, 0.2) is 0 Å². The van der Waals surface area contributed by atoms with Gasteiger partial charge in [0.1, 0.15) is 0 Å². The molecule has 0 aromatic carbocycles. The second-order valence-electron chi connectivity index (χ2n) is 4.66. The molecule has 2 nitrogen and oxygen atoms in total. The molecule has 0 heterocycles. The summed E-state index contributed by atoms with van der Waals surface area (Å²) < 4.78 is 0. The summed E-state index contributed by atoms with van der Waals surface area (Å²) in [7, 11) is 2.03. The number of aliphatic hydroxyl groups excluding tert-OH is 1. The van der Waals surface area contributed by atoms with Crippen molar-refractivity contribution >= 4 is 0 Å². The summed E-state index contributed by atoms with van der Waals surface area (Å²) in [6.45, 7) is 4.94. The maximum Gasteiger partial charge on any atom is 0.0448 e. The highest BCUT2D eigenvalue weighted by Crippen LogP contribution is 2.38. The Morgan fingerprint density at radius 3 is 2.62 bits per heavy atom. The van der Waals surface area contributed by atoms with E-state index in [1.54, 1.807) is 0 Å². The monoisotopic (exact) mass is 185 g/mol. The SMILES string of the molecule is CNC1(CCO)CCC(C)CC1C. The van der Waals surface area contributed by atoms with Crippen molar-refractivity contribution in [2.24, 2.45) is 11.8 Å². The van der Waals surface area contributed by atoms with Crippen LogP contribution in [0.5, 0.6) is 0 Å². The van der Waals surface area contributed by atoms with Crippen LogP contribution in [0.15, 0.2) is 0 Å². The number of aliphatic hydroxyl groups is 1. The largest absolute Gasteiger partial charge is 0.396 e. The Hall–Kier alpha value is -0.0800. The molecule has 0 radical (unpaired) electrons. The number of rotatable bonds is 3. The lowest BCUT2D eigenvalue weighted by Gasteiger charge is -2.44. The third-order valence-corrected chi connectivity index (χ3v) is 3.84. The Morgan fingerprint density at radius 2 is 2.15 bits per heavy atom. The molecule has 1 aliphatic carbocycles. The first-order valence-electron chi connectivity index (χ1n) is 5.44.